The van der Waals surface area contributed by atoms with E-state index in [1.807, 2.05) is 0 Å². The summed E-state index contributed by atoms with van der Waals surface area (Å²) >= 11 is 0. The fraction of sp³-hybridized carbons (Fsp3) is 0.143. The van der Waals surface area contributed by atoms with Gasteiger partial charge in [-0.2, -0.15) is 46.7 Å². The van der Waals surface area contributed by atoms with Gasteiger partial charge in [0.1, 0.15) is 0 Å². The number of rotatable bonds is 2. The van der Waals surface area contributed by atoms with Gasteiger partial charge in [-0.05, 0) is 35.4 Å². The van der Waals surface area contributed by atoms with Gasteiger partial charge in [0.2, 0.25) is 5.41 Å². The summed E-state index contributed by atoms with van der Waals surface area (Å²) in [5.74, 6) is -5.26. The number of nitrogens with zero attached hydrogens (tertiary/aromatic N) is 4. The molecule has 0 spiro atoms. The molecule has 2 aromatic rings. The van der Waals surface area contributed by atoms with Crippen LogP contribution in [0.15, 0.2) is 36.4 Å². The number of alkyl halides is 6. The molecule has 0 unspecified atom stereocenters. The number of amides is 4. The zero-order valence-corrected chi connectivity index (χ0v) is 16.7. The molecule has 0 aliphatic carbocycles. The number of imide groups is 2. The fourth-order valence-electron chi connectivity index (χ4n) is 4.11. The fourth-order valence-corrected chi connectivity index (χ4v) is 4.11. The molecule has 14 heteroatoms. The van der Waals surface area contributed by atoms with Gasteiger partial charge in [-0.1, -0.05) is 12.1 Å². The van der Waals surface area contributed by atoms with Crippen molar-refractivity contribution in [2.24, 2.45) is 0 Å². The molecule has 0 aromatic heterocycles. The van der Waals surface area contributed by atoms with E-state index in [0.717, 1.165) is 0 Å². The second-order valence-electron chi connectivity index (χ2n) is 7.36. The number of benzene rings is 2. The lowest BCUT2D eigenvalue weighted by Gasteiger charge is -2.38. The minimum Gasteiger partial charge on any atom is -0.267 e. The van der Waals surface area contributed by atoms with Gasteiger partial charge in [0.15, 0.2) is 12.4 Å². The monoisotopic (exact) mass is 492 g/mol. The summed E-state index contributed by atoms with van der Waals surface area (Å²) in [5, 5.41) is 17.8. The minimum atomic E-state index is -6.12. The largest absolute Gasteiger partial charge is 0.411 e. The van der Waals surface area contributed by atoms with Crippen molar-refractivity contribution < 1.29 is 45.5 Å². The Bertz CT molecular complexity index is 1340. The summed E-state index contributed by atoms with van der Waals surface area (Å²) in [5.41, 5.74) is -10.7. The molecule has 0 radical (unpaired) electrons. The summed E-state index contributed by atoms with van der Waals surface area (Å²) < 4.78 is 86.6. The van der Waals surface area contributed by atoms with Crippen molar-refractivity contribution in [1.29, 1.82) is 10.5 Å². The normalized spacial score (nSPS) is 15.8. The van der Waals surface area contributed by atoms with Crippen molar-refractivity contribution in [2.75, 3.05) is 0 Å². The zero-order chi connectivity index (χ0) is 26.1. The van der Waals surface area contributed by atoms with Gasteiger partial charge in [-0.15, -0.1) is 0 Å². The first-order chi connectivity index (χ1) is 16.2. The molecule has 4 rings (SSSR count). The molecular formula is C21H6F6N4O4. The van der Waals surface area contributed by atoms with Crippen LogP contribution in [0.3, 0.4) is 0 Å². The topological polar surface area (TPSA) is 122 Å². The highest BCUT2D eigenvalue weighted by molar-refractivity contribution is 6.23. The highest BCUT2D eigenvalue weighted by atomic mass is 19.4. The second kappa shape index (κ2) is 7.14. The van der Waals surface area contributed by atoms with Crippen LogP contribution in [0, 0.1) is 22.9 Å². The van der Waals surface area contributed by atoms with Crippen LogP contribution >= 0.6 is 0 Å². The number of carbonyl (C=O) groups excluding carboxylic acids is 4. The standard InChI is InChI=1S/C21H6F6N4O4/c22-20(23,24)19(21(25,26)27,9-1-3-11-13(5-9)17(34)30(7-28)15(11)32)10-2-4-12-14(6-10)18(35)31(8-29)16(12)33/h1-6H. The van der Waals surface area contributed by atoms with E-state index in [4.69, 9.17) is 10.5 Å². The van der Waals surface area contributed by atoms with Crippen molar-refractivity contribution in [1.82, 2.24) is 9.80 Å². The Morgan fingerprint density at radius 1 is 0.571 bits per heavy atom. The lowest BCUT2D eigenvalue weighted by Crippen LogP contribution is -2.55. The van der Waals surface area contributed by atoms with Crippen molar-refractivity contribution in [3.05, 3.63) is 69.8 Å². The number of hydrogen-bond acceptors (Lipinski definition) is 6. The average Bonchev–Trinajstić information content (AvgIpc) is 3.15. The van der Waals surface area contributed by atoms with E-state index in [2.05, 4.69) is 0 Å². The maximum atomic E-state index is 14.4. The van der Waals surface area contributed by atoms with E-state index in [0.29, 0.717) is 24.3 Å². The van der Waals surface area contributed by atoms with Gasteiger partial charge in [0, 0.05) is 0 Å². The van der Waals surface area contributed by atoms with Crippen molar-refractivity contribution in [3.8, 4) is 12.4 Å². The van der Waals surface area contributed by atoms with Gasteiger partial charge in [-0.3, -0.25) is 19.2 Å². The van der Waals surface area contributed by atoms with E-state index in [9.17, 15) is 45.5 Å². The summed E-state index contributed by atoms with van der Waals surface area (Å²) in [6, 6.07) is 2.24. The second-order valence-corrected chi connectivity index (χ2v) is 7.36. The van der Waals surface area contributed by atoms with Crippen LogP contribution in [0.25, 0.3) is 0 Å². The van der Waals surface area contributed by atoms with Crippen LogP contribution in [-0.4, -0.2) is 45.8 Å². The summed E-state index contributed by atoms with van der Waals surface area (Å²) in [6.45, 7) is 0. The van der Waals surface area contributed by atoms with Gasteiger partial charge >= 0.3 is 12.4 Å². The summed E-state index contributed by atoms with van der Waals surface area (Å²) in [7, 11) is 0. The molecule has 0 bridgehead atoms. The minimum absolute atomic E-state index is 0.0204. The molecule has 176 valence electrons. The van der Waals surface area contributed by atoms with Crippen LogP contribution in [0.2, 0.25) is 0 Å². The molecule has 0 saturated heterocycles. The van der Waals surface area contributed by atoms with Crippen LogP contribution in [0.5, 0.6) is 0 Å². The average molecular weight is 492 g/mol. The summed E-state index contributed by atoms with van der Waals surface area (Å²) in [6.07, 6.45) is -9.84. The van der Waals surface area contributed by atoms with Crippen LogP contribution in [-0.2, 0) is 5.41 Å². The lowest BCUT2D eigenvalue weighted by atomic mass is 9.71. The Hall–Kier alpha value is -4.72. The van der Waals surface area contributed by atoms with E-state index in [1.54, 1.807) is 0 Å². The third-order valence-electron chi connectivity index (χ3n) is 5.69. The van der Waals surface area contributed by atoms with Crippen molar-refractivity contribution in [3.63, 3.8) is 0 Å². The van der Waals surface area contributed by atoms with Gasteiger partial charge in [-0.25, -0.2) is 0 Å². The predicted molar refractivity (Wildman–Crippen MR) is 98.0 cm³/mol. The smallest absolute Gasteiger partial charge is 0.267 e. The Balaban J connectivity index is 2.05. The molecule has 8 nitrogen and oxygen atoms in total. The molecule has 0 atom stereocenters. The van der Waals surface area contributed by atoms with Crippen molar-refractivity contribution in [2.45, 2.75) is 17.8 Å². The Morgan fingerprint density at radius 3 is 1.17 bits per heavy atom. The van der Waals surface area contributed by atoms with Gasteiger partial charge < -0.3 is 0 Å². The number of hydrogen-bond donors (Lipinski definition) is 0. The van der Waals surface area contributed by atoms with Gasteiger partial charge in [0.05, 0.1) is 22.3 Å². The lowest BCUT2D eigenvalue weighted by molar-refractivity contribution is -0.288. The molecule has 2 aliphatic rings. The van der Waals surface area contributed by atoms with Crippen LogP contribution < -0.4 is 0 Å². The SMILES string of the molecule is N#CN1C(=O)c2ccc(C(c3ccc4c(c3)C(=O)N(C#N)C4=O)(C(F)(F)F)C(F)(F)F)cc2C1=O. The number of carbonyl (C=O) groups is 4. The summed E-state index contributed by atoms with van der Waals surface area (Å²) in [4.78, 5) is 48.6. The molecule has 0 fully saturated rings. The van der Waals surface area contributed by atoms with E-state index in [-0.39, 0.29) is 21.9 Å². The first-order valence-corrected chi connectivity index (χ1v) is 9.22. The first-order valence-electron chi connectivity index (χ1n) is 9.22. The number of nitriles is 2. The zero-order valence-electron chi connectivity index (χ0n) is 16.7. The number of halogens is 6. The molecular weight excluding hydrogens is 486 g/mol. The van der Waals surface area contributed by atoms with E-state index < -0.39 is 74.8 Å². The molecule has 0 N–H and O–H groups in total. The van der Waals surface area contributed by atoms with Crippen LogP contribution in [0.1, 0.15) is 52.6 Å². The molecule has 2 heterocycles. The highest BCUT2D eigenvalue weighted by Crippen LogP contribution is 2.57. The van der Waals surface area contributed by atoms with Crippen LogP contribution in [0.4, 0.5) is 26.3 Å². The maximum absolute atomic E-state index is 14.4. The molecule has 4 amide bonds. The third kappa shape index (κ3) is 2.86. The van der Waals surface area contributed by atoms with E-state index >= 15 is 0 Å². The quantitative estimate of drug-likeness (QED) is 0.360. The third-order valence-corrected chi connectivity index (χ3v) is 5.69. The van der Waals surface area contributed by atoms with Gasteiger partial charge in [0.25, 0.3) is 23.6 Å². The first kappa shape index (κ1) is 23.4. The molecule has 2 aromatic carbocycles. The highest BCUT2D eigenvalue weighted by Gasteiger charge is 2.73. The van der Waals surface area contributed by atoms with E-state index in [1.165, 1.54) is 12.4 Å². The maximum Gasteiger partial charge on any atom is 0.411 e. The predicted octanol–water partition coefficient (Wildman–Crippen LogP) is 3.25. The number of fused-ring (bicyclic) bond motifs is 2. The Kier molecular flexibility index (Phi) is 4.78. The van der Waals surface area contributed by atoms with Crippen molar-refractivity contribution >= 4 is 23.6 Å². The molecule has 0 saturated carbocycles. The molecule has 35 heavy (non-hydrogen) atoms. The Labute approximate surface area is 190 Å². The Morgan fingerprint density at radius 2 is 0.886 bits per heavy atom. The molecule has 2 aliphatic heterocycles.